The molecule has 0 radical (unpaired) electrons. The van der Waals surface area contributed by atoms with Crippen LogP contribution in [-0.2, 0) is 0 Å². The van der Waals surface area contributed by atoms with Crippen LogP contribution in [0.4, 0.5) is 11.5 Å². The number of hydrogen-bond donors (Lipinski definition) is 0. The molecular weight excluding hydrogens is 461 g/mol. The SMILES string of the molecule is Cc1cc(N2C(=O)c3oc4c(Cl)cc(Cl)cc4c(=O)c3C2c2cccc([N+](=O)[O-])c2)no1. The van der Waals surface area contributed by atoms with Gasteiger partial charge in [0.1, 0.15) is 5.76 Å². The average Bonchev–Trinajstić information content (AvgIpc) is 3.30. The van der Waals surface area contributed by atoms with Gasteiger partial charge in [0.2, 0.25) is 5.76 Å². The van der Waals surface area contributed by atoms with Crippen LogP contribution < -0.4 is 10.3 Å². The van der Waals surface area contributed by atoms with Gasteiger partial charge in [0.05, 0.1) is 26.9 Å². The van der Waals surface area contributed by atoms with E-state index >= 15 is 0 Å². The predicted octanol–water partition coefficient (Wildman–Crippen LogP) is 5.05. The van der Waals surface area contributed by atoms with Crippen molar-refractivity contribution in [1.82, 2.24) is 5.16 Å². The summed E-state index contributed by atoms with van der Waals surface area (Å²) in [4.78, 5) is 38.9. The number of benzene rings is 2. The highest BCUT2D eigenvalue weighted by Crippen LogP contribution is 2.42. The molecule has 0 spiro atoms. The lowest BCUT2D eigenvalue weighted by Gasteiger charge is -2.22. The monoisotopic (exact) mass is 471 g/mol. The summed E-state index contributed by atoms with van der Waals surface area (Å²) >= 11 is 12.3. The van der Waals surface area contributed by atoms with Crippen molar-refractivity contribution in [3.05, 3.63) is 95.5 Å². The van der Waals surface area contributed by atoms with Gasteiger partial charge in [-0.2, -0.15) is 0 Å². The van der Waals surface area contributed by atoms with Crippen molar-refractivity contribution in [1.29, 1.82) is 0 Å². The molecule has 4 aromatic rings. The Morgan fingerprint density at radius 2 is 1.94 bits per heavy atom. The summed E-state index contributed by atoms with van der Waals surface area (Å²) in [5.74, 6) is -0.331. The zero-order chi connectivity index (χ0) is 22.7. The van der Waals surface area contributed by atoms with Crippen molar-refractivity contribution in [2.45, 2.75) is 13.0 Å². The number of anilines is 1. The second-order valence-corrected chi connectivity index (χ2v) is 8.01. The maximum Gasteiger partial charge on any atom is 0.296 e. The molecule has 1 unspecified atom stereocenters. The molecule has 0 bridgehead atoms. The molecule has 0 aliphatic carbocycles. The number of carbonyl (C=O) groups excluding carboxylic acids is 1. The molecule has 32 heavy (non-hydrogen) atoms. The van der Waals surface area contributed by atoms with Crippen LogP contribution in [-0.4, -0.2) is 16.0 Å². The van der Waals surface area contributed by atoms with E-state index in [4.69, 9.17) is 32.1 Å². The molecule has 1 atom stereocenters. The predicted molar refractivity (Wildman–Crippen MR) is 115 cm³/mol. The first-order valence-electron chi connectivity index (χ1n) is 9.23. The Morgan fingerprint density at radius 1 is 1.16 bits per heavy atom. The average molecular weight is 472 g/mol. The fourth-order valence-corrected chi connectivity index (χ4v) is 4.36. The Hall–Kier alpha value is -3.69. The van der Waals surface area contributed by atoms with Crippen LogP contribution in [0.15, 0.2) is 56.2 Å². The first-order valence-corrected chi connectivity index (χ1v) is 9.99. The normalized spacial score (nSPS) is 15.4. The first kappa shape index (κ1) is 20.2. The van der Waals surface area contributed by atoms with Crippen molar-refractivity contribution in [3.63, 3.8) is 0 Å². The van der Waals surface area contributed by atoms with E-state index in [1.54, 1.807) is 13.0 Å². The Labute approximate surface area is 188 Å². The Balaban J connectivity index is 1.85. The van der Waals surface area contributed by atoms with Crippen LogP contribution in [0.3, 0.4) is 0 Å². The number of nitrogens with zero attached hydrogens (tertiary/aromatic N) is 3. The van der Waals surface area contributed by atoms with E-state index in [9.17, 15) is 19.7 Å². The second kappa shape index (κ2) is 7.18. The third-order valence-electron chi connectivity index (χ3n) is 5.15. The molecule has 3 heterocycles. The zero-order valence-corrected chi connectivity index (χ0v) is 17.7. The van der Waals surface area contributed by atoms with Gasteiger partial charge in [0, 0.05) is 23.2 Å². The summed E-state index contributed by atoms with van der Waals surface area (Å²) in [5, 5.41) is 15.6. The maximum absolute atomic E-state index is 13.5. The van der Waals surface area contributed by atoms with Gasteiger partial charge in [-0.3, -0.25) is 24.6 Å². The lowest BCUT2D eigenvalue weighted by molar-refractivity contribution is -0.384. The number of amides is 1. The summed E-state index contributed by atoms with van der Waals surface area (Å²) in [5.41, 5.74) is -0.382. The van der Waals surface area contributed by atoms with Crippen LogP contribution >= 0.6 is 23.2 Å². The van der Waals surface area contributed by atoms with Crippen LogP contribution in [0.5, 0.6) is 0 Å². The van der Waals surface area contributed by atoms with Crippen LogP contribution in [0, 0.1) is 17.0 Å². The lowest BCUT2D eigenvalue weighted by Crippen LogP contribution is -2.29. The van der Waals surface area contributed by atoms with E-state index < -0.39 is 22.3 Å². The molecule has 2 aromatic heterocycles. The Bertz CT molecular complexity index is 1510. The quantitative estimate of drug-likeness (QED) is 0.302. The highest BCUT2D eigenvalue weighted by atomic mass is 35.5. The molecule has 5 rings (SSSR count). The van der Waals surface area contributed by atoms with Crippen molar-refractivity contribution < 1.29 is 18.7 Å². The maximum atomic E-state index is 13.5. The van der Waals surface area contributed by atoms with Crippen molar-refractivity contribution in [3.8, 4) is 0 Å². The van der Waals surface area contributed by atoms with Crippen molar-refractivity contribution in [2.75, 3.05) is 4.90 Å². The zero-order valence-electron chi connectivity index (χ0n) is 16.2. The van der Waals surface area contributed by atoms with Crippen molar-refractivity contribution in [2.24, 2.45) is 0 Å². The van der Waals surface area contributed by atoms with Gasteiger partial charge in [-0.05, 0) is 24.6 Å². The van der Waals surface area contributed by atoms with Crippen LogP contribution in [0.25, 0.3) is 11.0 Å². The minimum Gasteiger partial charge on any atom is -0.449 e. The highest BCUT2D eigenvalue weighted by Gasteiger charge is 2.45. The smallest absolute Gasteiger partial charge is 0.296 e. The number of nitro benzene ring substituents is 1. The molecule has 1 aliphatic heterocycles. The van der Waals surface area contributed by atoms with Gasteiger partial charge in [-0.1, -0.05) is 40.5 Å². The van der Waals surface area contributed by atoms with E-state index in [-0.39, 0.29) is 43.8 Å². The number of halogens is 2. The second-order valence-electron chi connectivity index (χ2n) is 7.16. The molecule has 1 aliphatic rings. The van der Waals surface area contributed by atoms with Crippen LogP contribution in [0.2, 0.25) is 10.0 Å². The van der Waals surface area contributed by atoms with Gasteiger partial charge in [-0.25, -0.2) is 0 Å². The third-order valence-corrected chi connectivity index (χ3v) is 5.65. The van der Waals surface area contributed by atoms with E-state index in [2.05, 4.69) is 5.16 Å². The number of hydrogen-bond acceptors (Lipinski definition) is 7. The third kappa shape index (κ3) is 2.97. The first-order chi connectivity index (χ1) is 15.3. The molecule has 160 valence electrons. The number of aryl methyl sites for hydroxylation is 1. The van der Waals surface area contributed by atoms with Gasteiger partial charge >= 0.3 is 0 Å². The van der Waals surface area contributed by atoms with E-state index in [0.29, 0.717) is 11.3 Å². The number of aromatic nitrogens is 1. The van der Waals surface area contributed by atoms with Gasteiger partial charge in [0.25, 0.3) is 11.6 Å². The van der Waals surface area contributed by atoms with E-state index in [1.807, 2.05) is 0 Å². The topological polar surface area (TPSA) is 120 Å². The lowest BCUT2D eigenvalue weighted by atomic mass is 9.98. The number of nitro groups is 1. The summed E-state index contributed by atoms with van der Waals surface area (Å²) in [7, 11) is 0. The summed E-state index contributed by atoms with van der Waals surface area (Å²) in [6.07, 6.45) is 0. The molecule has 9 nitrogen and oxygen atoms in total. The summed E-state index contributed by atoms with van der Waals surface area (Å²) in [6, 6.07) is 8.93. The molecular formula is C21H11Cl2N3O6. The summed E-state index contributed by atoms with van der Waals surface area (Å²) < 4.78 is 10.9. The largest absolute Gasteiger partial charge is 0.449 e. The number of fused-ring (bicyclic) bond motifs is 2. The molecule has 0 saturated carbocycles. The Morgan fingerprint density at radius 3 is 2.62 bits per heavy atom. The fourth-order valence-electron chi connectivity index (χ4n) is 3.83. The molecule has 0 saturated heterocycles. The standard InChI is InChI=1S/C21H11Cl2N3O6/c1-9-5-15(24-32-9)25-17(10-3-2-4-12(6-10)26(29)30)16-18(27)13-7-11(22)8-14(23)19(13)31-20(16)21(25)28/h2-8,17H,1H3. The van der Waals surface area contributed by atoms with Crippen LogP contribution in [0.1, 0.15) is 33.5 Å². The van der Waals surface area contributed by atoms with Gasteiger partial charge in [-0.15, -0.1) is 0 Å². The number of non-ortho nitro benzene ring substituents is 1. The molecule has 0 N–H and O–H groups in total. The summed E-state index contributed by atoms with van der Waals surface area (Å²) in [6.45, 7) is 1.64. The number of carbonyl (C=O) groups is 1. The number of rotatable bonds is 3. The Kier molecular flexibility index (Phi) is 4.54. The molecule has 2 aromatic carbocycles. The highest BCUT2D eigenvalue weighted by molar-refractivity contribution is 6.38. The van der Waals surface area contributed by atoms with E-state index in [0.717, 1.165) is 0 Å². The van der Waals surface area contributed by atoms with Gasteiger partial charge in [0.15, 0.2) is 16.8 Å². The van der Waals surface area contributed by atoms with Crippen molar-refractivity contribution >= 4 is 51.6 Å². The minimum absolute atomic E-state index is 0.00184. The molecule has 0 fully saturated rings. The minimum atomic E-state index is -1.04. The van der Waals surface area contributed by atoms with Gasteiger partial charge < -0.3 is 8.94 Å². The fraction of sp³-hybridized carbons (Fsp3) is 0.0952. The van der Waals surface area contributed by atoms with E-state index in [1.165, 1.54) is 41.3 Å². The molecule has 1 amide bonds. The molecule has 11 heteroatoms.